The molecule has 2 aromatic carbocycles. The Morgan fingerprint density at radius 3 is 2.25 bits per heavy atom. The molecule has 0 fully saturated rings. The number of rotatable bonds is 2. The van der Waals surface area contributed by atoms with Crippen molar-refractivity contribution in [3.63, 3.8) is 0 Å². The van der Waals surface area contributed by atoms with Crippen LogP contribution in [0.15, 0.2) is 30.3 Å². The van der Waals surface area contributed by atoms with E-state index >= 15 is 0 Å². The Labute approximate surface area is 123 Å². The number of carbonyl (C=O) groups is 1. The fourth-order valence-corrected chi connectivity index (χ4v) is 1.99. The summed E-state index contributed by atoms with van der Waals surface area (Å²) in [6, 6.07) is 6.04. The predicted molar refractivity (Wildman–Crippen MR) is 75.2 cm³/mol. The molecule has 7 heteroatoms. The molecule has 104 valence electrons. The minimum Gasteiger partial charge on any atom is -0.396 e. The normalized spacial score (nSPS) is 10.4. The first-order valence-electron chi connectivity index (χ1n) is 5.39. The second-order valence-electron chi connectivity index (χ2n) is 3.94. The molecule has 0 saturated heterocycles. The summed E-state index contributed by atoms with van der Waals surface area (Å²) >= 11 is 11.2. The standard InChI is InChI=1S/C13H8Cl2F2N2O/c14-8-4-7(5-9(15)12(8)17)19-13(20)6-1-2-11(18)10(16)3-6/h1-5H,18H2,(H,19,20). The molecule has 0 spiro atoms. The lowest BCUT2D eigenvalue weighted by atomic mass is 10.2. The minimum absolute atomic E-state index is 0.0607. The molecule has 1 amide bonds. The highest BCUT2D eigenvalue weighted by molar-refractivity contribution is 6.35. The van der Waals surface area contributed by atoms with Gasteiger partial charge in [0.15, 0.2) is 5.82 Å². The number of amides is 1. The second-order valence-corrected chi connectivity index (χ2v) is 4.76. The molecule has 2 rings (SSSR count). The Hall–Kier alpha value is -1.85. The van der Waals surface area contributed by atoms with Crippen LogP contribution in [0.2, 0.25) is 10.0 Å². The summed E-state index contributed by atoms with van der Waals surface area (Å²) in [6.45, 7) is 0. The third-order valence-corrected chi connectivity index (χ3v) is 3.05. The molecule has 0 atom stereocenters. The van der Waals surface area contributed by atoms with Gasteiger partial charge in [-0.2, -0.15) is 0 Å². The lowest BCUT2D eigenvalue weighted by molar-refractivity contribution is 0.102. The van der Waals surface area contributed by atoms with Crippen molar-refractivity contribution >= 4 is 40.5 Å². The number of hydrogen-bond donors (Lipinski definition) is 2. The van der Waals surface area contributed by atoms with Crippen LogP contribution in [-0.2, 0) is 0 Å². The topological polar surface area (TPSA) is 55.1 Å². The monoisotopic (exact) mass is 316 g/mol. The van der Waals surface area contributed by atoms with E-state index in [1.807, 2.05) is 0 Å². The van der Waals surface area contributed by atoms with E-state index in [4.69, 9.17) is 28.9 Å². The van der Waals surface area contributed by atoms with E-state index in [9.17, 15) is 13.6 Å². The maximum absolute atomic E-state index is 13.3. The van der Waals surface area contributed by atoms with Crippen LogP contribution in [-0.4, -0.2) is 5.91 Å². The number of halogens is 4. The highest BCUT2D eigenvalue weighted by atomic mass is 35.5. The van der Waals surface area contributed by atoms with Gasteiger partial charge in [-0.1, -0.05) is 23.2 Å². The van der Waals surface area contributed by atoms with Crippen LogP contribution in [0.4, 0.5) is 20.2 Å². The van der Waals surface area contributed by atoms with Gasteiger partial charge in [-0.3, -0.25) is 4.79 Å². The zero-order valence-electron chi connectivity index (χ0n) is 9.88. The smallest absolute Gasteiger partial charge is 0.255 e. The molecule has 0 aliphatic rings. The first kappa shape index (κ1) is 14.6. The second kappa shape index (κ2) is 5.64. The van der Waals surface area contributed by atoms with Gasteiger partial charge >= 0.3 is 0 Å². The van der Waals surface area contributed by atoms with Gasteiger partial charge in [0, 0.05) is 11.3 Å². The van der Waals surface area contributed by atoms with Crippen LogP contribution in [0.5, 0.6) is 0 Å². The van der Waals surface area contributed by atoms with Gasteiger partial charge in [-0.15, -0.1) is 0 Å². The summed E-state index contributed by atoms with van der Waals surface area (Å²) in [6.07, 6.45) is 0. The maximum atomic E-state index is 13.3. The number of benzene rings is 2. The van der Waals surface area contributed by atoms with Crippen LogP contribution >= 0.6 is 23.2 Å². The fourth-order valence-electron chi connectivity index (χ4n) is 1.50. The lowest BCUT2D eigenvalue weighted by Crippen LogP contribution is -2.12. The molecular formula is C13H8Cl2F2N2O. The highest BCUT2D eigenvalue weighted by Gasteiger charge is 2.12. The molecule has 0 aliphatic heterocycles. The summed E-state index contributed by atoms with van der Waals surface area (Å²) < 4.78 is 26.5. The molecule has 0 unspecified atom stereocenters. The first-order chi connectivity index (χ1) is 9.38. The van der Waals surface area contributed by atoms with Crippen molar-refractivity contribution in [3.05, 3.63) is 57.6 Å². The quantitative estimate of drug-likeness (QED) is 0.647. The van der Waals surface area contributed by atoms with Crippen molar-refractivity contribution in [1.82, 2.24) is 0 Å². The van der Waals surface area contributed by atoms with Crippen molar-refractivity contribution in [2.24, 2.45) is 0 Å². The summed E-state index contributed by atoms with van der Waals surface area (Å²) in [7, 11) is 0. The molecule has 0 radical (unpaired) electrons. The van der Waals surface area contributed by atoms with E-state index in [1.54, 1.807) is 0 Å². The molecule has 0 aromatic heterocycles. The molecule has 20 heavy (non-hydrogen) atoms. The molecule has 0 saturated carbocycles. The summed E-state index contributed by atoms with van der Waals surface area (Å²) in [4.78, 5) is 11.9. The molecule has 0 bridgehead atoms. The van der Waals surface area contributed by atoms with Crippen molar-refractivity contribution in [3.8, 4) is 0 Å². The first-order valence-corrected chi connectivity index (χ1v) is 6.15. The van der Waals surface area contributed by atoms with E-state index in [0.29, 0.717) is 0 Å². The predicted octanol–water partition coefficient (Wildman–Crippen LogP) is 4.11. The number of hydrogen-bond acceptors (Lipinski definition) is 2. The van der Waals surface area contributed by atoms with Gasteiger partial charge in [0.05, 0.1) is 15.7 Å². The SMILES string of the molecule is Nc1ccc(C(=O)Nc2cc(Cl)c(F)c(Cl)c2)cc1F. The van der Waals surface area contributed by atoms with E-state index in [-0.39, 0.29) is 27.0 Å². The van der Waals surface area contributed by atoms with E-state index in [0.717, 1.165) is 6.07 Å². The largest absolute Gasteiger partial charge is 0.396 e. The van der Waals surface area contributed by atoms with Gasteiger partial charge in [0.2, 0.25) is 0 Å². The molecular weight excluding hydrogens is 309 g/mol. The van der Waals surface area contributed by atoms with E-state index in [1.165, 1.54) is 24.3 Å². The summed E-state index contributed by atoms with van der Waals surface area (Å²) in [5, 5.41) is 1.98. The fraction of sp³-hybridized carbons (Fsp3) is 0. The van der Waals surface area contributed by atoms with Gasteiger partial charge in [-0.05, 0) is 30.3 Å². The van der Waals surface area contributed by atoms with Crippen LogP contribution in [0.1, 0.15) is 10.4 Å². The maximum Gasteiger partial charge on any atom is 0.255 e. The average molecular weight is 317 g/mol. The molecule has 3 nitrogen and oxygen atoms in total. The third kappa shape index (κ3) is 3.00. The Bertz CT molecular complexity index is 669. The van der Waals surface area contributed by atoms with Gasteiger partial charge < -0.3 is 11.1 Å². The van der Waals surface area contributed by atoms with Crippen molar-refractivity contribution in [2.75, 3.05) is 11.1 Å². The Morgan fingerprint density at radius 2 is 1.70 bits per heavy atom. The summed E-state index contributed by atoms with van der Waals surface area (Å²) in [5.74, 6) is -2.07. The van der Waals surface area contributed by atoms with Crippen LogP contribution in [0.25, 0.3) is 0 Å². The Balaban J connectivity index is 2.25. The minimum atomic E-state index is -0.773. The Morgan fingerprint density at radius 1 is 1.10 bits per heavy atom. The van der Waals surface area contributed by atoms with Gasteiger partial charge in [0.25, 0.3) is 5.91 Å². The number of nitrogens with two attached hydrogens (primary N) is 1. The van der Waals surface area contributed by atoms with Gasteiger partial charge in [-0.25, -0.2) is 8.78 Å². The van der Waals surface area contributed by atoms with Crippen LogP contribution < -0.4 is 11.1 Å². The zero-order valence-corrected chi connectivity index (χ0v) is 11.4. The van der Waals surface area contributed by atoms with E-state index < -0.39 is 17.5 Å². The molecule has 2 aromatic rings. The van der Waals surface area contributed by atoms with Crippen molar-refractivity contribution in [2.45, 2.75) is 0 Å². The number of carbonyl (C=O) groups excluding carboxylic acids is 1. The summed E-state index contributed by atoms with van der Waals surface area (Å²) in [5.41, 5.74) is 5.51. The molecule has 0 aliphatic carbocycles. The zero-order chi connectivity index (χ0) is 14.9. The third-order valence-electron chi connectivity index (χ3n) is 2.50. The van der Waals surface area contributed by atoms with Crippen molar-refractivity contribution in [1.29, 1.82) is 0 Å². The highest BCUT2D eigenvalue weighted by Crippen LogP contribution is 2.27. The number of nitrogen functional groups attached to an aromatic ring is 1. The van der Waals surface area contributed by atoms with Gasteiger partial charge in [0.1, 0.15) is 5.82 Å². The van der Waals surface area contributed by atoms with Crippen LogP contribution in [0.3, 0.4) is 0 Å². The van der Waals surface area contributed by atoms with E-state index in [2.05, 4.69) is 5.32 Å². The Kier molecular flexibility index (Phi) is 4.11. The molecule has 0 heterocycles. The van der Waals surface area contributed by atoms with Crippen LogP contribution in [0, 0.1) is 11.6 Å². The average Bonchev–Trinajstić information content (AvgIpc) is 2.39. The number of nitrogens with one attached hydrogen (secondary N) is 1. The van der Waals surface area contributed by atoms with Crippen molar-refractivity contribution < 1.29 is 13.6 Å². The number of anilines is 2. The molecule has 3 N–H and O–H groups in total. The lowest BCUT2D eigenvalue weighted by Gasteiger charge is -2.08.